The molecule has 0 radical (unpaired) electrons. The molecule has 2 heterocycles. The first-order valence-electron chi connectivity index (χ1n) is 13.7. The fourth-order valence-electron chi connectivity index (χ4n) is 4.93. The van der Waals surface area contributed by atoms with Crippen molar-refractivity contribution in [2.45, 2.75) is 38.9 Å². The number of anilines is 3. The number of benzene rings is 4. The molecular formula is C35H33BN2O2. The second kappa shape index (κ2) is 10.4. The number of rotatable bonds is 6. The van der Waals surface area contributed by atoms with Crippen LogP contribution in [0.5, 0.6) is 0 Å². The summed E-state index contributed by atoms with van der Waals surface area (Å²) < 4.78 is 12.3. The molecule has 1 aliphatic rings. The molecule has 5 heteroatoms. The molecule has 1 aromatic heterocycles. The zero-order chi connectivity index (χ0) is 27.7. The summed E-state index contributed by atoms with van der Waals surface area (Å²) in [5.74, 6) is 0. The third-order valence-corrected chi connectivity index (χ3v) is 7.98. The van der Waals surface area contributed by atoms with Crippen molar-refractivity contribution in [3.63, 3.8) is 0 Å². The van der Waals surface area contributed by atoms with Crippen LogP contribution in [-0.4, -0.2) is 23.3 Å². The van der Waals surface area contributed by atoms with Crippen LogP contribution in [-0.2, 0) is 9.31 Å². The Hall–Kier alpha value is -4.19. The molecule has 1 fully saturated rings. The highest BCUT2D eigenvalue weighted by molar-refractivity contribution is 6.62. The quantitative estimate of drug-likeness (QED) is 0.210. The number of aromatic nitrogens is 1. The van der Waals surface area contributed by atoms with E-state index in [9.17, 15) is 0 Å². The minimum Gasteiger partial charge on any atom is -0.399 e. The molecular weight excluding hydrogens is 491 g/mol. The minimum atomic E-state index is -0.406. The van der Waals surface area contributed by atoms with E-state index in [1.807, 2.05) is 30.5 Å². The van der Waals surface area contributed by atoms with Crippen molar-refractivity contribution in [3.8, 4) is 22.4 Å². The maximum absolute atomic E-state index is 6.17. The van der Waals surface area contributed by atoms with Crippen LogP contribution >= 0.6 is 0 Å². The largest absolute Gasteiger partial charge is 0.496 e. The fraction of sp³-hybridized carbons (Fsp3) is 0.171. The SMILES string of the molecule is CC1(C)OB(c2ccc(-c3ccc(-c4ccc(N(c5ccccc5)c5ccccc5)cc4)cc3)nc2)OC1(C)C. The van der Waals surface area contributed by atoms with Gasteiger partial charge in [-0.2, -0.15) is 0 Å². The van der Waals surface area contributed by atoms with Gasteiger partial charge in [-0.25, -0.2) is 0 Å². The van der Waals surface area contributed by atoms with Crippen molar-refractivity contribution in [2.75, 3.05) is 4.90 Å². The first-order valence-corrected chi connectivity index (χ1v) is 13.7. The van der Waals surface area contributed by atoms with Crippen LogP contribution in [0.1, 0.15) is 27.7 Å². The van der Waals surface area contributed by atoms with E-state index in [1.54, 1.807) is 0 Å². The van der Waals surface area contributed by atoms with E-state index in [1.165, 1.54) is 5.56 Å². The molecule has 6 rings (SSSR count). The summed E-state index contributed by atoms with van der Waals surface area (Å²) in [4.78, 5) is 6.98. The van der Waals surface area contributed by atoms with Crippen molar-refractivity contribution >= 4 is 29.6 Å². The van der Waals surface area contributed by atoms with Gasteiger partial charge in [-0.3, -0.25) is 4.98 Å². The lowest BCUT2D eigenvalue weighted by atomic mass is 9.80. The highest BCUT2D eigenvalue weighted by atomic mass is 16.7. The van der Waals surface area contributed by atoms with E-state index in [0.29, 0.717) is 0 Å². The maximum atomic E-state index is 6.17. The van der Waals surface area contributed by atoms with Gasteiger partial charge < -0.3 is 14.2 Å². The predicted molar refractivity (Wildman–Crippen MR) is 166 cm³/mol. The Kier molecular flexibility index (Phi) is 6.79. The molecule has 0 atom stereocenters. The first kappa shape index (κ1) is 26.1. The van der Waals surface area contributed by atoms with Crippen LogP contribution in [0.15, 0.2) is 128 Å². The molecule has 40 heavy (non-hydrogen) atoms. The summed E-state index contributed by atoms with van der Waals surface area (Å²) in [6.07, 6.45) is 1.86. The molecule has 1 aliphatic heterocycles. The molecule has 0 bridgehead atoms. The van der Waals surface area contributed by atoms with Crippen LogP contribution < -0.4 is 10.4 Å². The summed E-state index contributed by atoms with van der Waals surface area (Å²) >= 11 is 0. The van der Waals surface area contributed by atoms with Crippen molar-refractivity contribution in [1.29, 1.82) is 0 Å². The minimum absolute atomic E-state index is 0.369. The first-order chi connectivity index (χ1) is 19.3. The summed E-state index contributed by atoms with van der Waals surface area (Å²) in [5, 5.41) is 0. The smallest absolute Gasteiger partial charge is 0.399 e. The standard InChI is InChI=1S/C35H33BN2O2/c1-34(2)35(3,4)40-36(39-34)29-21-24-33(37-25-29)28-17-15-26(16-18-28)27-19-22-32(23-20-27)38(30-11-7-5-8-12-30)31-13-9-6-10-14-31/h5-25H,1-4H3. The molecule has 4 nitrogen and oxygen atoms in total. The van der Waals surface area contributed by atoms with Crippen LogP contribution in [0.3, 0.4) is 0 Å². The van der Waals surface area contributed by atoms with Crippen LogP contribution in [0, 0.1) is 0 Å². The average molecular weight is 524 g/mol. The third kappa shape index (κ3) is 5.06. The number of para-hydroxylation sites is 2. The normalized spacial score (nSPS) is 15.7. The van der Waals surface area contributed by atoms with Crippen LogP contribution in [0.2, 0.25) is 0 Å². The Labute approximate surface area is 237 Å². The molecule has 0 N–H and O–H groups in total. The van der Waals surface area contributed by atoms with Crippen molar-refractivity contribution in [3.05, 3.63) is 128 Å². The lowest BCUT2D eigenvalue weighted by Gasteiger charge is -2.32. The molecule has 1 saturated heterocycles. The van der Waals surface area contributed by atoms with Crippen LogP contribution in [0.4, 0.5) is 17.1 Å². The fourth-order valence-corrected chi connectivity index (χ4v) is 4.93. The summed E-state index contributed by atoms with van der Waals surface area (Å²) in [6.45, 7) is 8.25. The van der Waals surface area contributed by atoms with E-state index in [-0.39, 0.29) is 11.2 Å². The molecule has 0 unspecified atom stereocenters. The molecule has 5 aromatic rings. The number of nitrogens with zero attached hydrogens (tertiary/aromatic N) is 2. The highest BCUT2D eigenvalue weighted by Crippen LogP contribution is 2.37. The molecule has 0 saturated carbocycles. The van der Waals surface area contributed by atoms with Gasteiger partial charge in [-0.05, 0) is 81.3 Å². The zero-order valence-corrected chi connectivity index (χ0v) is 23.4. The maximum Gasteiger partial charge on any atom is 0.496 e. The Bertz CT molecular complexity index is 1510. The van der Waals surface area contributed by atoms with Gasteiger partial charge in [0.15, 0.2) is 0 Å². The highest BCUT2D eigenvalue weighted by Gasteiger charge is 2.51. The molecule has 198 valence electrons. The molecule has 4 aromatic carbocycles. The lowest BCUT2D eigenvalue weighted by Crippen LogP contribution is -2.41. The number of hydrogen-bond acceptors (Lipinski definition) is 4. The van der Waals surface area contributed by atoms with Gasteiger partial charge in [0, 0.05) is 34.3 Å². The van der Waals surface area contributed by atoms with E-state index >= 15 is 0 Å². The van der Waals surface area contributed by atoms with Crippen molar-refractivity contribution < 1.29 is 9.31 Å². The Morgan fingerprint density at radius 1 is 0.525 bits per heavy atom. The Balaban J connectivity index is 1.20. The van der Waals surface area contributed by atoms with Gasteiger partial charge in [-0.1, -0.05) is 78.9 Å². The van der Waals surface area contributed by atoms with E-state index in [2.05, 4.69) is 130 Å². The summed E-state index contributed by atoms with van der Waals surface area (Å²) in [5.41, 5.74) is 7.88. The van der Waals surface area contributed by atoms with E-state index in [0.717, 1.165) is 39.3 Å². The van der Waals surface area contributed by atoms with E-state index < -0.39 is 7.12 Å². The molecule has 0 spiro atoms. The second-order valence-electron chi connectivity index (χ2n) is 11.2. The molecule has 0 aliphatic carbocycles. The topological polar surface area (TPSA) is 34.6 Å². The Morgan fingerprint density at radius 2 is 0.975 bits per heavy atom. The van der Waals surface area contributed by atoms with Crippen molar-refractivity contribution in [1.82, 2.24) is 4.98 Å². The van der Waals surface area contributed by atoms with Crippen LogP contribution in [0.25, 0.3) is 22.4 Å². The predicted octanol–water partition coefficient (Wildman–Crippen LogP) is 8.18. The van der Waals surface area contributed by atoms with Gasteiger partial charge >= 0.3 is 7.12 Å². The van der Waals surface area contributed by atoms with Crippen molar-refractivity contribution in [2.24, 2.45) is 0 Å². The molecule has 0 amide bonds. The number of hydrogen-bond donors (Lipinski definition) is 0. The van der Waals surface area contributed by atoms with Gasteiger partial charge in [0.1, 0.15) is 0 Å². The van der Waals surface area contributed by atoms with Gasteiger partial charge in [0.05, 0.1) is 16.9 Å². The lowest BCUT2D eigenvalue weighted by molar-refractivity contribution is 0.00578. The average Bonchev–Trinajstić information content (AvgIpc) is 3.21. The Morgan fingerprint density at radius 3 is 1.45 bits per heavy atom. The second-order valence-corrected chi connectivity index (χ2v) is 11.2. The zero-order valence-electron chi connectivity index (χ0n) is 23.4. The van der Waals surface area contributed by atoms with Gasteiger partial charge in [0.2, 0.25) is 0 Å². The van der Waals surface area contributed by atoms with E-state index in [4.69, 9.17) is 14.3 Å². The monoisotopic (exact) mass is 524 g/mol. The summed E-state index contributed by atoms with van der Waals surface area (Å²) in [7, 11) is -0.406. The summed E-state index contributed by atoms with van der Waals surface area (Å²) in [6, 6.07) is 42.3. The third-order valence-electron chi connectivity index (χ3n) is 7.98. The van der Waals surface area contributed by atoms with Gasteiger partial charge in [-0.15, -0.1) is 0 Å². The number of pyridine rings is 1. The van der Waals surface area contributed by atoms with Gasteiger partial charge in [0.25, 0.3) is 0 Å².